The molecule has 0 spiro atoms. The number of para-hydroxylation sites is 1. The maximum Gasteiger partial charge on any atom is 0.365 e. The van der Waals surface area contributed by atoms with Gasteiger partial charge in [-0.2, -0.15) is 0 Å². The predicted octanol–water partition coefficient (Wildman–Crippen LogP) is 1.85. The molecule has 1 heterocycles. The molecule has 0 aliphatic heterocycles. The van der Waals surface area contributed by atoms with E-state index in [-0.39, 0.29) is 12.5 Å². The van der Waals surface area contributed by atoms with Gasteiger partial charge in [0.1, 0.15) is 16.8 Å². The van der Waals surface area contributed by atoms with E-state index in [0.29, 0.717) is 34.8 Å². The number of nitrogens with one attached hydrogen (secondary N) is 1. The Kier molecular flexibility index (Phi) is 5.65. The van der Waals surface area contributed by atoms with Gasteiger partial charge in [0.25, 0.3) is 5.91 Å². The van der Waals surface area contributed by atoms with Gasteiger partial charge in [0, 0.05) is 6.54 Å². The predicted molar refractivity (Wildman–Crippen MR) is 98.2 cm³/mol. The van der Waals surface area contributed by atoms with Gasteiger partial charge in [-0.25, -0.2) is 4.79 Å². The summed E-state index contributed by atoms with van der Waals surface area (Å²) in [5.74, 6) is 0.0935. The molecule has 0 bridgehead atoms. The van der Waals surface area contributed by atoms with Gasteiger partial charge in [-0.1, -0.05) is 30.8 Å². The quantitative estimate of drug-likeness (QED) is 0.640. The summed E-state index contributed by atoms with van der Waals surface area (Å²) in [5, 5.41) is 10.5. The van der Waals surface area contributed by atoms with Crippen molar-refractivity contribution >= 4 is 22.9 Å². The van der Waals surface area contributed by atoms with Crippen molar-refractivity contribution in [2.75, 3.05) is 13.2 Å². The molecule has 140 valence electrons. The summed E-state index contributed by atoms with van der Waals surface area (Å²) in [6, 6.07) is 13.5. The van der Waals surface area contributed by atoms with Gasteiger partial charge >= 0.3 is 5.97 Å². The molecule has 0 aliphatic carbocycles. The molecule has 3 rings (SSSR count). The highest BCUT2D eigenvalue weighted by atomic mass is 16.7. The lowest BCUT2D eigenvalue weighted by molar-refractivity contribution is -0.123. The van der Waals surface area contributed by atoms with Crippen LogP contribution in [0, 0.1) is 5.92 Å². The summed E-state index contributed by atoms with van der Waals surface area (Å²) in [5.41, 5.74) is 1.55. The Morgan fingerprint density at radius 3 is 2.59 bits per heavy atom. The minimum atomic E-state index is -0.577. The molecule has 2 aromatic carbocycles. The first-order valence-corrected chi connectivity index (χ1v) is 8.55. The first-order chi connectivity index (χ1) is 13.0. The number of carbonyl (C=O) groups excluding carboxylic acids is 2. The average molecular weight is 368 g/mol. The Labute approximate surface area is 156 Å². The molecular weight excluding hydrogens is 348 g/mol. The van der Waals surface area contributed by atoms with Crippen LogP contribution in [0.15, 0.2) is 48.5 Å². The molecular formula is C19H20N4O4. The third-order valence-corrected chi connectivity index (χ3v) is 3.66. The molecule has 27 heavy (non-hydrogen) atoms. The first-order valence-electron chi connectivity index (χ1n) is 8.55. The van der Waals surface area contributed by atoms with Crippen LogP contribution in [-0.4, -0.2) is 40.2 Å². The van der Waals surface area contributed by atoms with Crippen LogP contribution in [-0.2, 0) is 4.79 Å². The van der Waals surface area contributed by atoms with Gasteiger partial charge in [0.2, 0.25) is 0 Å². The molecule has 0 fully saturated rings. The van der Waals surface area contributed by atoms with Crippen LogP contribution in [0.4, 0.5) is 0 Å². The Morgan fingerprint density at radius 1 is 1.11 bits per heavy atom. The van der Waals surface area contributed by atoms with Gasteiger partial charge in [-0.05, 0) is 47.5 Å². The minimum Gasteiger partial charge on any atom is -0.484 e. The largest absolute Gasteiger partial charge is 0.484 e. The monoisotopic (exact) mass is 368 g/mol. The van der Waals surface area contributed by atoms with Crippen molar-refractivity contribution < 1.29 is 19.2 Å². The van der Waals surface area contributed by atoms with Crippen LogP contribution < -0.4 is 14.9 Å². The highest BCUT2D eigenvalue weighted by molar-refractivity contribution is 5.90. The third kappa shape index (κ3) is 4.81. The van der Waals surface area contributed by atoms with E-state index in [4.69, 9.17) is 9.57 Å². The second-order valence-electron chi connectivity index (χ2n) is 6.34. The Bertz CT molecular complexity index is 934. The van der Waals surface area contributed by atoms with E-state index in [9.17, 15) is 9.59 Å². The highest BCUT2D eigenvalue weighted by Gasteiger charge is 2.12. The van der Waals surface area contributed by atoms with Crippen LogP contribution in [0.5, 0.6) is 5.75 Å². The zero-order chi connectivity index (χ0) is 19.2. The highest BCUT2D eigenvalue weighted by Crippen LogP contribution is 2.13. The SMILES string of the molecule is CC(C)CNC(=O)COc1ccc(C(=O)On2nnc3ccccc32)cc1. The van der Waals surface area contributed by atoms with Gasteiger partial charge in [-0.3, -0.25) is 4.79 Å². The molecule has 0 atom stereocenters. The van der Waals surface area contributed by atoms with E-state index in [0.717, 1.165) is 4.85 Å². The summed E-state index contributed by atoms with van der Waals surface area (Å²) >= 11 is 0. The molecule has 8 heteroatoms. The summed E-state index contributed by atoms with van der Waals surface area (Å²) in [7, 11) is 0. The van der Waals surface area contributed by atoms with Crippen LogP contribution in [0.2, 0.25) is 0 Å². The fourth-order valence-corrected chi connectivity index (χ4v) is 2.25. The Hall–Kier alpha value is -3.42. The number of nitrogens with zero attached hydrogens (tertiary/aromatic N) is 3. The molecule has 0 unspecified atom stereocenters. The third-order valence-electron chi connectivity index (χ3n) is 3.66. The molecule has 0 radical (unpaired) electrons. The minimum absolute atomic E-state index is 0.0819. The molecule has 8 nitrogen and oxygen atoms in total. The summed E-state index contributed by atoms with van der Waals surface area (Å²) in [4.78, 5) is 30.3. The van der Waals surface area contributed by atoms with Crippen LogP contribution >= 0.6 is 0 Å². The van der Waals surface area contributed by atoms with E-state index in [1.807, 2.05) is 19.9 Å². The smallest absolute Gasteiger partial charge is 0.365 e. The topological polar surface area (TPSA) is 95.3 Å². The number of fused-ring (bicyclic) bond motifs is 1. The van der Waals surface area contributed by atoms with Crippen molar-refractivity contribution in [1.29, 1.82) is 0 Å². The lowest BCUT2D eigenvalue weighted by Gasteiger charge is -2.09. The summed E-state index contributed by atoms with van der Waals surface area (Å²) in [6.07, 6.45) is 0. The number of benzene rings is 2. The maximum atomic E-state index is 12.3. The Balaban J connectivity index is 1.56. The molecule has 0 saturated carbocycles. The van der Waals surface area contributed by atoms with E-state index in [2.05, 4.69) is 15.6 Å². The number of carbonyl (C=O) groups is 2. The van der Waals surface area contributed by atoms with Gasteiger partial charge < -0.3 is 14.9 Å². The van der Waals surface area contributed by atoms with Crippen molar-refractivity contribution in [3.63, 3.8) is 0 Å². The Morgan fingerprint density at radius 2 is 1.85 bits per heavy atom. The molecule has 3 aromatic rings. The number of amides is 1. The summed E-state index contributed by atoms with van der Waals surface area (Å²) < 4.78 is 5.41. The zero-order valence-electron chi connectivity index (χ0n) is 15.1. The van der Waals surface area contributed by atoms with Gasteiger partial charge in [0.15, 0.2) is 6.61 Å². The number of aromatic nitrogens is 3. The van der Waals surface area contributed by atoms with Crippen molar-refractivity contribution in [3.05, 3.63) is 54.1 Å². The van der Waals surface area contributed by atoms with Crippen molar-refractivity contribution in [2.45, 2.75) is 13.8 Å². The fraction of sp³-hybridized carbons (Fsp3) is 0.263. The van der Waals surface area contributed by atoms with Gasteiger partial charge in [-0.15, -0.1) is 5.10 Å². The van der Waals surface area contributed by atoms with E-state index in [1.54, 1.807) is 42.5 Å². The van der Waals surface area contributed by atoms with Crippen LogP contribution in [0.3, 0.4) is 0 Å². The number of ether oxygens (including phenoxy) is 1. The second kappa shape index (κ2) is 8.31. The van der Waals surface area contributed by atoms with Crippen molar-refractivity contribution in [3.8, 4) is 5.75 Å². The van der Waals surface area contributed by atoms with Crippen molar-refractivity contribution in [2.24, 2.45) is 5.92 Å². The van der Waals surface area contributed by atoms with Crippen LogP contribution in [0.1, 0.15) is 24.2 Å². The number of hydrogen-bond donors (Lipinski definition) is 1. The lowest BCUT2D eigenvalue weighted by atomic mass is 10.2. The molecule has 0 aliphatic rings. The first kappa shape index (κ1) is 18.4. The molecule has 0 saturated heterocycles. The van der Waals surface area contributed by atoms with Crippen LogP contribution in [0.25, 0.3) is 11.0 Å². The fourth-order valence-electron chi connectivity index (χ4n) is 2.25. The maximum absolute atomic E-state index is 12.3. The second-order valence-corrected chi connectivity index (χ2v) is 6.34. The normalized spacial score (nSPS) is 10.8. The standard InChI is InChI=1S/C19H20N4O4/c1-13(2)11-20-18(24)12-26-15-9-7-14(8-10-15)19(25)27-23-17-6-4-3-5-16(17)21-22-23/h3-10,13H,11-12H2,1-2H3,(H,20,24). The summed E-state index contributed by atoms with van der Waals surface area (Å²) in [6.45, 7) is 4.55. The number of rotatable bonds is 7. The van der Waals surface area contributed by atoms with E-state index in [1.165, 1.54) is 0 Å². The lowest BCUT2D eigenvalue weighted by Crippen LogP contribution is -2.31. The molecule has 1 N–H and O–H groups in total. The molecule has 1 aromatic heterocycles. The average Bonchev–Trinajstić information content (AvgIpc) is 3.08. The van der Waals surface area contributed by atoms with E-state index >= 15 is 0 Å². The number of hydrogen-bond acceptors (Lipinski definition) is 6. The van der Waals surface area contributed by atoms with Crippen molar-refractivity contribution in [1.82, 2.24) is 20.5 Å². The zero-order valence-corrected chi connectivity index (χ0v) is 15.1. The van der Waals surface area contributed by atoms with E-state index < -0.39 is 5.97 Å². The van der Waals surface area contributed by atoms with Gasteiger partial charge in [0.05, 0.1) is 5.56 Å². The molecule has 1 amide bonds.